The topological polar surface area (TPSA) is 30.2 Å². The van der Waals surface area contributed by atoms with Gasteiger partial charge in [-0.15, -0.1) is 0 Å². The van der Waals surface area contributed by atoms with E-state index >= 15 is 0 Å². The maximum Gasteiger partial charge on any atom is 0.203 e. The normalized spacial score (nSPS) is 17.5. The molecule has 1 fully saturated rings. The molecule has 0 atom stereocenters. The fraction of sp³-hybridized carbons (Fsp3) is 0.429. The molecule has 1 aromatic carbocycles. The smallest absolute Gasteiger partial charge is 0.203 e. The third kappa shape index (κ3) is 2.38. The lowest BCUT2D eigenvalue weighted by Crippen LogP contribution is -2.15. The Bertz CT molecular complexity index is 577. The maximum absolute atomic E-state index is 4.82. The Labute approximate surface area is 111 Å². The zero-order valence-electron chi connectivity index (χ0n) is 10.5. The highest BCUT2D eigenvalue weighted by molar-refractivity contribution is 7.12. The van der Waals surface area contributed by atoms with Gasteiger partial charge in [-0.05, 0) is 12.8 Å². The van der Waals surface area contributed by atoms with Crippen molar-refractivity contribution in [2.45, 2.75) is 31.7 Å². The van der Waals surface area contributed by atoms with Gasteiger partial charge in [-0.2, -0.15) is 5.10 Å². The minimum atomic E-state index is 0.514. The highest BCUT2D eigenvalue weighted by Gasteiger charge is 2.14. The Kier molecular flexibility index (Phi) is 3.28. The molecule has 2 aromatic rings. The summed E-state index contributed by atoms with van der Waals surface area (Å²) in [7, 11) is 1.98. The molecule has 1 aromatic heterocycles. The summed E-state index contributed by atoms with van der Waals surface area (Å²) in [5, 5.41) is 5.62. The predicted molar refractivity (Wildman–Crippen MR) is 74.3 cm³/mol. The van der Waals surface area contributed by atoms with Crippen LogP contribution in [0.1, 0.15) is 25.7 Å². The number of benzene rings is 1. The van der Waals surface area contributed by atoms with Crippen molar-refractivity contribution in [3.63, 3.8) is 0 Å². The summed E-state index contributed by atoms with van der Waals surface area (Å²) >= 11 is 1.68. The van der Waals surface area contributed by atoms with Crippen LogP contribution in [0.5, 0.6) is 0 Å². The molecule has 1 aliphatic carbocycles. The third-order valence-corrected chi connectivity index (χ3v) is 4.41. The van der Waals surface area contributed by atoms with Gasteiger partial charge in [0.2, 0.25) is 4.80 Å². The molecule has 0 aliphatic heterocycles. The highest BCUT2D eigenvalue weighted by atomic mass is 32.1. The van der Waals surface area contributed by atoms with Crippen LogP contribution in [0.15, 0.2) is 35.3 Å². The standard InChI is InChI=1S/C14H17N3S/c1-17-14(15-12-9-5-6-10-12)18-13(16-17)11-7-3-2-4-8-11/h2-4,7-8,12H,5-6,9-10H2,1H3. The highest BCUT2D eigenvalue weighted by Crippen LogP contribution is 2.22. The van der Waals surface area contributed by atoms with Crippen LogP contribution in [-0.2, 0) is 7.05 Å². The van der Waals surface area contributed by atoms with Crippen molar-refractivity contribution in [2.75, 3.05) is 0 Å². The van der Waals surface area contributed by atoms with Crippen molar-refractivity contribution in [3.05, 3.63) is 35.1 Å². The minimum Gasteiger partial charge on any atom is -0.254 e. The molecule has 18 heavy (non-hydrogen) atoms. The number of aryl methyl sites for hydroxylation is 1. The van der Waals surface area contributed by atoms with Crippen LogP contribution in [0.4, 0.5) is 0 Å². The summed E-state index contributed by atoms with van der Waals surface area (Å²) in [4.78, 5) is 5.87. The molecular weight excluding hydrogens is 242 g/mol. The zero-order chi connectivity index (χ0) is 12.4. The summed E-state index contributed by atoms with van der Waals surface area (Å²) in [6.45, 7) is 0. The van der Waals surface area contributed by atoms with Gasteiger partial charge in [0, 0.05) is 12.6 Å². The van der Waals surface area contributed by atoms with Crippen LogP contribution in [-0.4, -0.2) is 15.8 Å². The second kappa shape index (κ2) is 5.06. The van der Waals surface area contributed by atoms with Gasteiger partial charge in [0.05, 0.1) is 6.04 Å². The first-order valence-corrected chi connectivity index (χ1v) is 7.28. The van der Waals surface area contributed by atoms with E-state index in [1.54, 1.807) is 11.3 Å². The van der Waals surface area contributed by atoms with E-state index in [0.717, 1.165) is 9.81 Å². The van der Waals surface area contributed by atoms with E-state index in [2.05, 4.69) is 17.2 Å². The van der Waals surface area contributed by atoms with Crippen molar-refractivity contribution >= 4 is 11.3 Å². The lowest BCUT2D eigenvalue weighted by Gasteiger charge is -1.98. The molecule has 0 spiro atoms. The van der Waals surface area contributed by atoms with Crippen molar-refractivity contribution < 1.29 is 0 Å². The average molecular weight is 259 g/mol. The van der Waals surface area contributed by atoms with Gasteiger partial charge in [0.25, 0.3) is 0 Å². The van der Waals surface area contributed by atoms with Gasteiger partial charge in [-0.3, -0.25) is 4.99 Å². The van der Waals surface area contributed by atoms with Crippen molar-refractivity contribution in [1.82, 2.24) is 9.78 Å². The Morgan fingerprint density at radius 1 is 1.22 bits per heavy atom. The number of nitrogens with zero attached hydrogens (tertiary/aromatic N) is 3. The van der Waals surface area contributed by atoms with Gasteiger partial charge in [0.15, 0.2) is 0 Å². The number of hydrogen-bond acceptors (Lipinski definition) is 3. The van der Waals surface area contributed by atoms with Gasteiger partial charge < -0.3 is 0 Å². The van der Waals surface area contributed by atoms with Gasteiger partial charge in [-0.25, -0.2) is 4.68 Å². The number of aromatic nitrogens is 2. The molecule has 0 unspecified atom stereocenters. The van der Waals surface area contributed by atoms with E-state index in [-0.39, 0.29) is 0 Å². The van der Waals surface area contributed by atoms with Crippen LogP contribution in [0.2, 0.25) is 0 Å². The monoisotopic (exact) mass is 259 g/mol. The Balaban J connectivity index is 1.96. The van der Waals surface area contributed by atoms with E-state index in [9.17, 15) is 0 Å². The maximum atomic E-state index is 4.82. The minimum absolute atomic E-state index is 0.514. The molecule has 0 N–H and O–H groups in total. The molecule has 3 nitrogen and oxygen atoms in total. The van der Waals surface area contributed by atoms with Crippen LogP contribution >= 0.6 is 11.3 Å². The lowest BCUT2D eigenvalue weighted by molar-refractivity contribution is 0.646. The van der Waals surface area contributed by atoms with Crippen molar-refractivity contribution in [1.29, 1.82) is 0 Å². The second-order valence-corrected chi connectivity index (χ2v) is 5.70. The van der Waals surface area contributed by atoms with Crippen LogP contribution in [0.25, 0.3) is 10.6 Å². The first kappa shape index (κ1) is 11.7. The molecule has 1 saturated carbocycles. The molecule has 1 aliphatic rings. The molecule has 94 valence electrons. The van der Waals surface area contributed by atoms with Gasteiger partial charge >= 0.3 is 0 Å². The van der Waals surface area contributed by atoms with Crippen LogP contribution < -0.4 is 4.80 Å². The molecular formula is C14H17N3S. The summed E-state index contributed by atoms with van der Waals surface area (Å²) in [6, 6.07) is 10.8. The summed E-state index contributed by atoms with van der Waals surface area (Å²) in [6.07, 6.45) is 5.11. The van der Waals surface area contributed by atoms with Crippen LogP contribution in [0, 0.1) is 0 Å². The van der Waals surface area contributed by atoms with Crippen molar-refractivity contribution in [3.8, 4) is 10.6 Å². The number of hydrogen-bond donors (Lipinski definition) is 0. The van der Waals surface area contributed by atoms with E-state index < -0.39 is 0 Å². The van der Waals surface area contributed by atoms with E-state index in [1.165, 1.54) is 31.2 Å². The van der Waals surface area contributed by atoms with Gasteiger partial charge in [-0.1, -0.05) is 54.5 Å². The fourth-order valence-corrected chi connectivity index (χ4v) is 3.31. The van der Waals surface area contributed by atoms with E-state index in [4.69, 9.17) is 4.99 Å². The lowest BCUT2D eigenvalue weighted by atomic mass is 10.2. The molecule has 0 amide bonds. The zero-order valence-corrected chi connectivity index (χ0v) is 11.4. The Morgan fingerprint density at radius 3 is 2.67 bits per heavy atom. The quantitative estimate of drug-likeness (QED) is 0.815. The molecule has 0 saturated heterocycles. The molecule has 0 radical (unpaired) electrons. The molecule has 3 rings (SSSR count). The largest absolute Gasteiger partial charge is 0.254 e. The van der Waals surface area contributed by atoms with Gasteiger partial charge in [0.1, 0.15) is 5.01 Å². The summed E-state index contributed by atoms with van der Waals surface area (Å²) in [5.74, 6) is 0. The number of rotatable bonds is 2. The third-order valence-electron chi connectivity index (χ3n) is 3.34. The molecule has 0 bridgehead atoms. The average Bonchev–Trinajstić information content (AvgIpc) is 3.02. The van der Waals surface area contributed by atoms with E-state index in [0.29, 0.717) is 6.04 Å². The summed E-state index contributed by atoms with van der Waals surface area (Å²) in [5.41, 5.74) is 1.17. The molecule has 1 heterocycles. The Morgan fingerprint density at radius 2 is 1.94 bits per heavy atom. The second-order valence-electron chi connectivity index (χ2n) is 4.75. The predicted octanol–water partition coefficient (Wildman–Crippen LogP) is 2.99. The first-order valence-electron chi connectivity index (χ1n) is 6.46. The first-order chi connectivity index (χ1) is 8.83. The Hall–Kier alpha value is -1.42. The SMILES string of the molecule is Cn1nc(-c2ccccc2)sc1=NC1CCCC1. The molecule has 4 heteroatoms. The van der Waals surface area contributed by atoms with Crippen LogP contribution in [0.3, 0.4) is 0 Å². The van der Waals surface area contributed by atoms with Crippen molar-refractivity contribution in [2.24, 2.45) is 12.0 Å². The van der Waals surface area contributed by atoms with E-state index in [1.807, 2.05) is 29.9 Å². The fourth-order valence-electron chi connectivity index (χ4n) is 2.35. The summed E-state index contributed by atoms with van der Waals surface area (Å²) < 4.78 is 1.91.